The molecule has 1 aromatic rings. The summed E-state index contributed by atoms with van der Waals surface area (Å²) in [7, 11) is 0. The number of carbonyl (C=O) groups excluding carboxylic acids is 1. The predicted octanol–water partition coefficient (Wildman–Crippen LogP) is 2.80. The second-order valence-corrected chi connectivity index (χ2v) is 4.62. The smallest absolute Gasteiger partial charge is 0.322 e. The summed E-state index contributed by atoms with van der Waals surface area (Å²) < 4.78 is 5.37. The number of urea groups is 1. The van der Waals surface area contributed by atoms with Gasteiger partial charge in [-0.05, 0) is 32.9 Å². The van der Waals surface area contributed by atoms with Crippen LogP contribution in [0.1, 0.15) is 27.2 Å². The van der Waals surface area contributed by atoms with Crippen LogP contribution in [0.2, 0.25) is 0 Å². The molecule has 1 aromatic carbocycles. The standard InChI is InChI=1S/C15H22N2O4/c1-4-17(11(3)9-14(18)19)15(20)16-12-7-6-8-13(10-12)21-5-2/h6-8,10-11H,4-5,9H2,1-3H3,(H,16,20)(H,18,19). The van der Waals surface area contributed by atoms with Gasteiger partial charge in [0, 0.05) is 24.3 Å². The van der Waals surface area contributed by atoms with Crippen LogP contribution in [-0.4, -0.2) is 41.2 Å². The maximum atomic E-state index is 12.2. The fourth-order valence-electron chi connectivity index (χ4n) is 2.04. The maximum absolute atomic E-state index is 12.2. The highest BCUT2D eigenvalue weighted by atomic mass is 16.5. The average molecular weight is 294 g/mol. The molecule has 0 fully saturated rings. The summed E-state index contributed by atoms with van der Waals surface area (Å²) in [6, 6.07) is 6.40. The van der Waals surface area contributed by atoms with Crippen LogP contribution in [-0.2, 0) is 4.79 Å². The zero-order valence-corrected chi connectivity index (χ0v) is 12.6. The molecule has 1 rings (SSSR count). The number of ether oxygens (including phenoxy) is 1. The van der Waals surface area contributed by atoms with Crippen molar-refractivity contribution >= 4 is 17.7 Å². The van der Waals surface area contributed by atoms with Crippen LogP contribution in [0.25, 0.3) is 0 Å². The quantitative estimate of drug-likeness (QED) is 0.810. The number of hydrogen-bond donors (Lipinski definition) is 2. The first-order chi connectivity index (χ1) is 9.97. The molecule has 0 aliphatic carbocycles. The number of carboxylic acid groups (broad SMARTS) is 1. The van der Waals surface area contributed by atoms with Crippen LogP contribution in [0.5, 0.6) is 5.75 Å². The zero-order chi connectivity index (χ0) is 15.8. The van der Waals surface area contributed by atoms with Gasteiger partial charge in [0.05, 0.1) is 13.0 Å². The lowest BCUT2D eigenvalue weighted by Crippen LogP contribution is -2.42. The Bertz CT molecular complexity index is 490. The Kier molecular flexibility index (Phi) is 6.52. The third-order valence-corrected chi connectivity index (χ3v) is 3.00. The van der Waals surface area contributed by atoms with Gasteiger partial charge in [0.25, 0.3) is 0 Å². The van der Waals surface area contributed by atoms with Gasteiger partial charge in [-0.15, -0.1) is 0 Å². The lowest BCUT2D eigenvalue weighted by molar-refractivity contribution is -0.137. The van der Waals surface area contributed by atoms with Crippen molar-refractivity contribution < 1.29 is 19.4 Å². The number of benzene rings is 1. The van der Waals surface area contributed by atoms with Crippen molar-refractivity contribution in [1.29, 1.82) is 0 Å². The van der Waals surface area contributed by atoms with Gasteiger partial charge < -0.3 is 20.1 Å². The molecule has 0 aliphatic heterocycles. The number of anilines is 1. The second-order valence-electron chi connectivity index (χ2n) is 4.62. The third kappa shape index (κ3) is 5.33. The molecule has 0 spiro atoms. The summed E-state index contributed by atoms with van der Waals surface area (Å²) >= 11 is 0. The molecule has 0 heterocycles. The SMILES string of the molecule is CCOc1cccc(NC(=O)N(CC)C(C)CC(=O)O)c1. The Morgan fingerprint density at radius 1 is 1.38 bits per heavy atom. The van der Waals surface area contributed by atoms with Crippen LogP contribution in [0.3, 0.4) is 0 Å². The van der Waals surface area contributed by atoms with Gasteiger partial charge in [0.15, 0.2) is 0 Å². The summed E-state index contributed by atoms with van der Waals surface area (Å²) in [4.78, 5) is 24.5. The van der Waals surface area contributed by atoms with Gasteiger partial charge in [0.2, 0.25) is 0 Å². The van der Waals surface area contributed by atoms with Crippen molar-refractivity contribution in [2.75, 3.05) is 18.5 Å². The number of nitrogens with one attached hydrogen (secondary N) is 1. The minimum Gasteiger partial charge on any atom is -0.494 e. The average Bonchev–Trinajstić information content (AvgIpc) is 2.39. The lowest BCUT2D eigenvalue weighted by Gasteiger charge is -2.27. The van der Waals surface area contributed by atoms with E-state index in [1.165, 1.54) is 4.90 Å². The Balaban J connectivity index is 2.73. The minimum absolute atomic E-state index is 0.0831. The number of rotatable bonds is 7. The van der Waals surface area contributed by atoms with E-state index >= 15 is 0 Å². The number of aliphatic carboxylic acids is 1. The molecule has 6 nitrogen and oxygen atoms in total. The minimum atomic E-state index is -0.924. The van der Waals surface area contributed by atoms with Gasteiger partial charge in [-0.1, -0.05) is 6.07 Å². The van der Waals surface area contributed by atoms with Crippen LogP contribution in [0.15, 0.2) is 24.3 Å². The van der Waals surface area contributed by atoms with Gasteiger partial charge >= 0.3 is 12.0 Å². The van der Waals surface area contributed by atoms with Crippen molar-refractivity contribution in [3.63, 3.8) is 0 Å². The normalized spacial score (nSPS) is 11.6. The van der Waals surface area contributed by atoms with E-state index in [9.17, 15) is 9.59 Å². The molecule has 0 radical (unpaired) electrons. The highest BCUT2D eigenvalue weighted by Crippen LogP contribution is 2.18. The van der Waals surface area contributed by atoms with Gasteiger partial charge in [0.1, 0.15) is 5.75 Å². The number of hydrogen-bond acceptors (Lipinski definition) is 3. The molecule has 116 valence electrons. The summed E-state index contributed by atoms with van der Waals surface area (Å²) in [5, 5.41) is 11.6. The predicted molar refractivity (Wildman–Crippen MR) is 80.7 cm³/mol. The number of carbonyl (C=O) groups is 2. The third-order valence-electron chi connectivity index (χ3n) is 3.00. The van der Waals surface area contributed by atoms with Crippen molar-refractivity contribution in [2.24, 2.45) is 0 Å². The monoisotopic (exact) mass is 294 g/mol. The van der Waals surface area contributed by atoms with Crippen LogP contribution in [0.4, 0.5) is 10.5 Å². The van der Waals surface area contributed by atoms with E-state index in [2.05, 4.69) is 5.32 Å². The molecule has 0 bridgehead atoms. The van der Waals surface area contributed by atoms with Crippen LogP contribution >= 0.6 is 0 Å². The van der Waals surface area contributed by atoms with Crippen LogP contribution < -0.4 is 10.1 Å². The largest absolute Gasteiger partial charge is 0.494 e. The Hall–Kier alpha value is -2.24. The molecular formula is C15H22N2O4. The summed E-state index contributed by atoms with van der Waals surface area (Å²) in [5.41, 5.74) is 0.618. The highest BCUT2D eigenvalue weighted by molar-refractivity contribution is 5.90. The van der Waals surface area contributed by atoms with E-state index in [0.717, 1.165) is 0 Å². The number of amides is 2. The summed E-state index contributed by atoms with van der Waals surface area (Å²) in [5.74, 6) is -0.246. The van der Waals surface area contributed by atoms with Crippen molar-refractivity contribution in [2.45, 2.75) is 33.2 Å². The zero-order valence-electron chi connectivity index (χ0n) is 12.6. The molecule has 6 heteroatoms. The van der Waals surface area contributed by atoms with E-state index in [-0.39, 0.29) is 18.5 Å². The first kappa shape index (κ1) is 16.8. The maximum Gasteiger partial charge on any atom is 0.322 e. The Morgan fingerprint density at radius 2 is 2.10 bits per heavy atom. The lowest BCUT2D eigenvalue weighted by atomic mass is 10.2. The summed E-state index contributed by atoms with van der Waals surface area (Å²) in [6.45, 7) is 6.40. The van der Waals surface area contributed by atoms with E-state index < -0.39 is 5.97 Å². The van der Waals surface area contributed by atoms with Crippen molar-refractivity contribution in [1.82, 2.24) is 4.90 Å². The molecule has 0 aliphatic rings. The van der Waals surface area contributed by atoms with E-state index in [0.29, 0.717) is 24.6 Å². The summed E-state index contributed by atoms with van der Waals surface area (Å²) in [6.07, 6.45) is -0.0831. The van der Waals surface area contributed by atoms with Gasteiger partial charge in [-0.3, -0.25) is 4.79 Å². The molecule has 1 atom stereocenters. The molecule has 2 amide bonds. The number of carboxylic acids is 1. The van der Waals surface area contributed by atoms with Crippen LogP contribution in [0, 0.1) is 0 Å². The molecule has 1 unspecified atom stereocenters. The molecule has 2 N–H and O–H groups in total. The topological polar surface area (TPSA) is 78.9 Å². The first-order valence-electron chi connectivity index (χ1n) is 7.00. The molecule has 0 saturated carbocycles. The van der Waals surface area contributed by atoms with E-state index in [1.54, 1.807) is 25.1 Å². The molecule has 0 saturated heterocycles. The highest BCUT2D eigenvalue weighted by Gasteiger charge is 2.20. The molecular weight excluding hydrogens is 272 g/mol. The van der Waals surface area contributed by atoms with Gasteiger partial charge in [-0.2, -0.15) is 0 Å². The van der Waals surface area contributed by atoms with Crippen molar-refractivity contribution in [3.05, 3.63) is 24.3 Å². The molecule has 21 heavy (non-hydrogen) atoms. The Labute approximate surface area is 124 Å². The second kappa shape index (κ2) is 8.14. The van der Waals surface area contributed by atoms with E-state index in [4.69, 9.17) is 9.84 Å². The van der Waals surface area contributed by atoms with Crippen molar-refractivity contribution in [3.8, 4) is 5.75 Å². The fourth-order valence-corrected chi connectivity index (χ4v) is 2.04. The fraction of sp³-hybridized carbons (Fsp3) is 0.467. The van der Waals surface area contributed by atoms with Gasteiger partial charge in [-0.25, -0.2) is 4.79 Å². The first-order valence-corrected chi connectivity index (χ1v) is 7.00. The van der Waals surface area contributed by atoms with E-state index in [1.807, 2.05) is 19.9 Å². The molecule has 0 aromatic heterocycles. The Morgan fingerprint density at radius 3 is 2.67 bits per heavy atom. The number of nitrogens with zero attached hydrogens (tertiary/aromatic N) is 1.